The number of benzene rings is 1. The largest absolute Gasteiger partial charge is 0.508 e. The first-order valence-corrected chi connectivity index (χ1v) is 7.25. The van der Waals surface area contributed by atoms with Crippen LogP contribution in [0.5, 0.6) is 5.75 Å². The van der Waals surface area contributed by atoms with Gasteiger partial charge in [-0.2, -0.15) is 0 Å². The molecule has 2 N–H and O–H groups in total. The van der Waals surface area contributed by atoms with Crippen LogP contribution in [0.25, 0.3) is 0 Å². The second kappa shape index (κ2) is 4.31. The maximum atomic E-state index is 11.7. The summed E-state index contributed by atoms with van der Waals surface area (Å²) in [6.07, 6.45) is 1.34. The van der Waals surface area contributed by atoms with Crippen molar-refractivity contribution in [2.75, 3.05) is 0 Å². The smallest absolute Gasteiger partial charge is 0.214 e. The van der Waals surface area contributed by atoms with Gasteiger partial charge in [0.2, 0.25) is 10.0 Å². The Morgan fingerprint density at radius 1 is 1.29 bits per heavy atom. The minimum absolute atomic E-state index is 0.0841. The maximum absolute atomic E-state index is 11.7. The molecule has 0 radical (unpaired) electrons. The van der Waals surface area contributed by atoms with E-state index in [1.54, 1.807) is 26.0 Å². The zero-order valence-electron chi connectivity index (χ0n) is 9.97. The quantitative estimate of drug-likeness (QED) is 0.852. The molecule has 0 bridgehead atoms. The number of hydrogen-bond donors (Lipinski definition) is 2. The first-order chi connectivity index (χ1) is 7.88. The molecule has 0 amide bonds. The third kappa shape index (κ3) is 2.61. The lowest BCUT2D eigenvalue weighted by molar-refractivity contribution is 0.474. The van der Waals surface area contributed by atoms with Crippen molar-refractivity contribution in [2.24, 2.45) is 0 Å². The highest BCUT2D eigenvalue weighted by atomic mass is 32.2. The Morgan fingerprint density at radius 3 is 2.59 bits per heavy atom. The first kappa shape index (κ1) is 12.4. The highest BCUT2D eigenvalue weighted by Crippen LogP contribution is 2.26. The van der Waals surface area contributed by atoms with E-state index in [9.17, 15) is 13.5 Å². The molecule has 0 saturated heterocycles. The number of sulfonamides is 1. The summed E-state index contributed by atoms with van der Waals surface area (Å²) >= 11 is 0. The molecule has 0 heterocycles. The topological polar surface area (TPSA) is 66.4 Å². The van der Waals surface area contributed by atoms with Crippen LogP contribution < -0.4 is 4.72 Å². The molecule has 94 valence electrons. The summed E-state index contributed by atoms with van der Waals surface area (Å²) in [4.78, 5) is 0. The summed E-state index contributed by atoms with van der Waals surface area (Å²) < 4.78 is 26.2. The Labute approximate surface area is 102 Å². The lowest BCUT2D eigenvalue weighted by Crippen LogP contribution is -2.39. The van der Waals surface area contributed by atoms with Gasteiger partial charge >= 0.3 is 0 Å². The fraction of sp³-hybridized carbons (Fsp3) is 0.500. The van der Waals surface area contributed by atoms with E-state index in [2.05, 4.69) is 4.72 Å². The molecule has 0 aromatic heterocycles. The molecule has 17 heavy (non-hydrogen) atoms. The van der Waals surface area contributed by atoms with Gasteiger partial charge in [-0.3, -0.25) is 0 Å². The van der Waals surface area contributed by atoms with Crippen LogP contribution in [0, 0.1) is 0 Å². The summed E-state index contributed by atoms with van der Waals surface area (Å²) in [6.45, 7) is 3.33. The summed E-state index contributed by atoms with van der Waals surface area (Å²) in [6, 6.07) is 5.12. The highest BCUT2D eigenvalue weighted by Gasteiger charge is 2.27. The molecule has 2 rings (SSSR count). The molecule has 5 heteroatoms. The van der Waals surface area contributed by atoms with Gasteiger partial charge in [-0.25, -0.2) is 13.1 Å². The van der Waals surface area contributed by atoms with Crippen molar-refractivity contribution >= 4 is 10.0 Å². The second-order valence-electron chi connectivity index (χ2n) is 4.77. The first-order valence-electron chi connectivity index (χ1n) is 5.70. The normalized spacial score (nSPS) is 19.6. The third-order valence-corrected chi connectivity index (χ3v) is 4.98. The van der Waals surface area contributed by atoms with E-state index in [-0.39, 0.29) is 11.8 Å². The van der Waals surface area contributed by atoms with Crippen LogP contribution in [0.1, 0.15) is 25.0 Å². The van der Waals surface area contributed by atoms with Gasteiger partial charge in [-0.1, -0.05) is 6.07 Å². The van der Waals surface area contributed by atoms with Gasteiger partial charge in [-0.05, 0) is 49.9 Å². The van der Waals surface area contributed by atoms with Gasteiger partial charge in [-0.15, -0.1) is 0 Å². The standard InChI is InChI=1S/C12H17NO3S/c1-8(2)17(15,16)13-11-5-9-3-4-12(14)7-10(9)6-11/h3-4,7-8,11,13-14H,5-6H2,1-2H3. The SMILES string of the molecule is CC(C)S(=O)(=O)NC1Cc2ccc(O)cc2C1. The number of hydrogen-bond acceptors (Lipinski definition) is 3. The molecule has 1 aromatic rings. The monoisotopic (exact) mass is 255 g/mol. The highest BCUT2D eigenvalue weighted by molar-refractivity contribution is 7.90. The fourth-order valence-electron chi connectivity index (χ4n) is 2.06. The lowest BCUT2D eigenvalue weighted by atomic mass is 10.1. The Hall–Kier alpha value is -1.07. The van der Waals surface area contributed by atoms with Gasteiger partial charge in [0.05, 0.1) is 5.25 Å². The van der Waals surface area contributed by atoms with Crippen molar-refractivity contribution < 1.29 is 13.5 Å². The zero-order valence-corrected chi connectivity index (χ0v) is 10.8. The van der Waals surface area contributed by atoms with Crippen LogP contribution in [0.2, 0.25) is 0 Å². The van der Waals surface area contributed by atoms with E-state index in [0.29, 0.717) is 12.8 Å². The number of fused-ring (bicyclic) bond motifs is 1. The number of rotatable bonds is 3. The number of phenolic OH excluding ortho intramolecular Hbond substituents is 1. The molecule has 1 unspecified atom stereocenters. The van der Waals surface area contributed by atoms with E-state index in [0.717, 1.165) is 11.1 Å². The van der Waals surface area contributed by atoms with E-state index in [4.69, 9.17) is 0 Å². The van der Waals surface area contributed by atoms with E-state index < -0.39 is 15.3 Å². The Morgan fingerprint density at radius 2 is 1.94 bits per heavy atom. The van der Waals surface area contributed by atoms with Crippen LogP contribution in [0.4, 0.5) is 0 Å². The van der Waals surface area contributed by atoms with Gasteiger partial charge < -0.3 is 5.11 Å². The van der Waals surface area contributed by atoms with Crippen molar-refractivity contribution in [1.82, 2.24) is 4.72 Å². The van der Waals surface area contributed by atoms with E-state index in [1.807, 2.05) is 6.07 Å². The lowest BCUT2D eigenvalue weighted by Gasteiger charge is -2.14. The Kier molecular flexibility index (Phi) is 3.14. The molecule has 0 saturated carbocycles. The Balaban J connectivity index is 2.11. The van der Waals surface area contributed by atoms with Crippen molar-refractivity contribution in [2.45, 2.75) is 38.0 Å². The molecule has 1 atom stereocenters. The molecule has 0 aliphatic heterocycles. The molecule has 0 spiro atoms. The summed E-state index contributed by atoms with van der Waals surface area (Å²) in [5, 5.41) is 8.95. The molecule has 4 nitrogen and oxygen atoms in total. The van der Waals surface area contributed by atoms with Crippen molar-refractivity contribution in [1.29, 1.82) is 0 Å². The van der Waals surface area contributed by atoms with Crippen LogP contribution in [0.15, 0.2) is 18.2 Å². The van der Waals surface area contributed by atoms with Crippen molar-refractivity contribution in [3.63, 3.8) is 0 Å². The number of aromatic hydroxyl groups is 1. The summed E-state index contributed by atoms with van der Waals surface area (Å²) in [7, 11) is -3.22. The average molecular weight is 255 g/mol. The minimum Gasteiger partial charge on any atom is -0.508 e. The predicted octanol–water partition coefficient (Wildman–Crippen LogP) is 1.19. The van der Waals surface area contributed by atoms with Gasteiger partial charge in [0.1, 0.15) is 5.75 Å². The zero-order chi connectivity index (χ0) is 12.6. The van der Waals surface area contributed by atoms with Gasteiger partial charge in [0.25, 0.3) is 0 Å². The Bertz CT molecular complexity index is 523. The fourth-order valence-corrected chi connectivity index (χ4v) is 2.96. The predicted molar refractivity (Wildman–Crippen MR) is 66.5 cm³/mol. The van der Waals surface area contributed by atoms with E-state index in [1.165, 1.54) is 0 Å². The third-order valence-electron chi connectivity index (χ3n) is 3.07. The molecule has 1 aliphatic carbocycles. The molecular formula is C12H17NO3S. The van der Waals surface area contributed by atoms with Crippen LogP contribution >= 0.6 is 0 Å². The van der Waals surface area contributed by atoms with E-state index >= 15 is 0 Å². The molecule has 0 fully saturated rings. The molecule has 1 aromatic carbocycles. The average Bonchev–Trinajstić information content (AvgIpc) is 2.57. The van der Waals surface area contributed by atoms with Gasteiger partial charge in [0.15, 0.2) is 0 Å². The van der Waals surface area contributed by atoms with Crippen LogP contribution in [-0.2, 0) is 22.9 Å². The van der Waals surface area contributed by atoms with Crippen LogP contribution in [0.3, 0.4) is 0 Å². The molecular weight excluding hydrogens is 238 g/mol. The molecule has 1 aliphatic rings. The van der Waals surface area contributed by atoms with Gasteiger partial charge in [0, 0.05) is 6.04 Å². The number of phenols is 1. The second-order valence-corrected chi connectivity index (χ2v) is 7.04. The maximum Gasteiger partial charge on any atom is 0.214 e. The number of nitrogens with one attached hydrogen (secondary N) is 1. The van der Waals surface area contributed by atoms with Crippen molar-refractivity contribution in [3.8, 4) is 5.75 Å². The summed E-state index contributed by atoms with van der Waals surface area (Å²) in [5.41, 5.74) is 2.14. The minimum atomic E-state index is -3.22. The van der Waals surface area contributed by atoms with Crippen molar-refractivity contribution in [3.05, 3.63) is 29.3 Å². The van der Waals surface area contributed by atoms with Crippen LogP contribution in [-0.4, -0.2) is 24.8 Å². The summed E-state index contributed by atoms with van der Waals surface area (Å²) in [5.74, 6) is 0.233.